The van der Waals surface area contributed by atoms with Crippen LogP contribution in [0.2, 0.25) is 0 Å². The van der Waals surface area contributed by atoms with Crippen LogP contribution in [0.1, 0.15) is 49.5 Å². The predicted octanol–water partition coefficient (Wildman–Crippen LogP) is 1.82. The molecule has 0 aliphatic carbocycles. The first-order valence-electron chi connectivity index (χ1n) is 8.84. The number of benzene rings is 1. The van der Waals surface area contributed by atoms with Crippen LogP contribution in [0, 0.1) is 6.92 Å². The highest BCUT2D eigenvalue weighted by Crippen LogP contribution is 2.07. The summed E-state index contributed by atoms with van der Waals surface area (Å²) in [6, 6.07) is 7.88. The van der Waals surface area contributed by atoms with E-state index in [1.807, 2.05) is 25.1 Å². The number of nitrogens with zero attached hydrogens (tertiary/aromatic N) is 1. The molecule has 0 aliphatic heterocycles. The van der Waals surface area contributed by atoms with Gasteiger partial charge in [0, 0.05) is 5.56 Å². The number of carbonyl (C=O) groups excluding carboxylic acids is 1. The minimum absolute atomic E-state index is 0.118. The molecule has 0 aliphatic rings. The second-order valence-electron chi connectivity index (χ2n) is 6.11. The summed E-state index contributed by atoms with van der Waals surface area (Å²) in [5.74, 6) is -0.187. The molecule has 0 saturated carbocycles. The number of rotatable bonds is 8. The molecule has 0 spiro atoms. The molecule has 0 radical (unpaired) electrons. The zero-order valence-electron chi connectivity index (χ0n) is 15.7. The number of hydrogen-bond donors (Lipinski definition) is 2. The summed E-state index contributed by atoms with van der Waals surface area (Å²) in [6.45, 7) is 11.9. The summed E-state index contributed by atoms with van der Waals surface area (Å²) in [7, 11) is 1.53. The van der Waals surface area contributed by atoms with Gasteiger partial charge in [-0.3, -0.25) is 10.1 Å². The van der Waals surface area contributed by atoms with E-state index in [1.165, 1.54) is 7.11 Å². The average Bonchev–Trinajstić information content (AvgIpc) is 2.58. The van der Waals surface area contributed by atoms with Crippen molar-refractivity contribution in [3.05, 3.63) is 35.4 Å². The van der Waals surface area contributed by atoms with E-state index < -0.39 is 0 Å². The number of methoxy groups -OCH3 is 1. The molecular weight excluding hydrogens is 302 g/mol. The van der Waals surface area contributed by atoms with Crippen molar-refractivity contribution in [2.45, 2.75) is 46.6 Å². The van der Waals surface area contributed by atoms with Gasteiger partial charge in [0.05, 0.1) is 32.8 Å². The minimum Gasteiger partial charge on any atom is -0.468 e. The van der Waals surface area contributed by atoms with Gasteiger partial charge in [-0.1, -0.05) is 18.2 Å². The largest absolute Gasteiger partial charge is 0.468 e. The molecule has 1 aromatic carbocycles. The van der Waals surface area contributed by atoms with Crippen molar-refractivity contribution in [1.29, 1.82) is 0 Å². The Kier molecular flexibility index (Phi) is 9.08. The Balaban J connectivity index is 2.56. The lowest BCUT2D eigenvalue weighted by atomic mass is 10.1. The normalized spacial score (nSPS) is 13.0. The van der Waals surface area contributed by atoms with Gasteiger partial charge in [0.15, 0.2) is 0 Å². The van der Waals surface area contributed by atoms with Gasteiger partial charge in [0.25, 0.3) is 11.9 Å². The van der Waals surface area contributed by atoms with E-state index in [9.17, 15) is 4.79 Å². The van der Waals surface area contributed by atoms with E-state index in [-0.39, 0.29) is 18.0 Å². The molecule has 0 aromatic heterocycles. The first kappa shape index (κ1) is 20.2. The standard InChI is InChI=1S/C19H31N3O2/c1-6-22(7-2)14-10-12-16(4)20-19(24-5)21-18(23)17-13-9-8-11-15(17)3/h8-9,11,13,16H,6-7,10,12,14H2,1-5H3,(H,20,21,23)/p+1/t16-/m1/s1. The molecular formula is C19H32N3O2+. The van der Waals surface area contributed by atoms with E-state index in [0.29, 0.717) is 5.56 Å². The molecule has 1 rings (SSSR count). The van der Waals surface area contributed by atoms with Gasteiger partial charge in [-0.05, 0) is 52.2 Å². The number of quaternary nitrogens is 1. The zero-order chi connectivity index (χ0) is 17.9. The first-order valence-corrected chi connectivity index (χ1v) is 8.84. The van der Waals surface area contributed by atoms with Crippen LogP contribution in [0.15, 0.2) is 29.3 Å². The van der Waals surface area contributed by atoms with E-state index in [2.05, 4.69) is 31.1 Å². The molecule has 0 fully saturated rings. The Labute approximate surface area is 146 Å². The van der Waals surface area contributed by atoms with Gasteiger partial charge in [0.2, 0.25) is 0 Å². The smallest absolute Gasteiger partial charge is 0.291 e. The summed E-state index contributed by atoms with van der Waals surface area (Å²) in [5, 5.41) is 2.76. The maximum atomic E-state index is 12.3. The lowest BCUT2D eigenvalue weighted by Crippen LogP contribution is -3.11. The third kappa shape index (κ3) is 6.71. The summed E-state index contributed by atoms with van der Waals surface area (Å²) < 4.78 is 5.24. The van der Waals surface area contributed by atoms with Crippen LogP contribution < -0.4 is 10.2 Å². The Morgan fingerprint density at radius 2 is 1.96 bits per heavy atom. The average molecular weight is 334 g/mol. The third-order valence-electron chi connectivity index (χ3n) is 4.29. The van der Waals surface area contributed by atoms with Crippen LogP contribution in [0.3, 0.4) is 0 Å². The number of amidine groups is 1. The summed E-state index contributed by atoms with van der Waals surface area (Å²) in [6.07, 6.45) is 2.10. The number of ether oxygens (including phenoxy) is 1. The van der Waals surface area contributed by atoms with E-state index in [1.54, 1.807) is 11.0 Å². The molecule has 0 unspecified atom stereocenters. The van der Waals surface area contributed by atoms with Crippen molar-refractivity contribution in [3.63, 3.8) is 0 Å². The van der Waals surface area contributed by atoms with Gasteiger partial charge >= 0.3 is 0 Å². The number of amides is 1. The van der Waals surface area contributed by atoms with Crippen LogP contribution in [0.5, 0.6) is 0 Å². The fourth-order valence-corrected chi connectivity index (χ4v) is 2.64. The Morgan fingerprint density at radius 3 is 2.54 bits per heavy atom. The van der Waals surface area contributed by atoms with Gasteiger partial charge in [-0.25, -0.2) is 4.99 Å². The maximum Gasteiger partial charge on any atom is 0.291 e. The fraction of sp³-hybridized carbons (Fsp3) is 0.579. The maximum absolute atomic E-state index is 12.3. The van der Waals surface area contributed by atoms with E-state index in [4.69, 9.17) is 4.74 Å². The molecule has 1 amide bonds. The second kappa shape index (κ2) is 10.8. The van der Waals surface area contributed by atoms with Crippen molar-refractivity contribution in [2.24, 2.45) is 4.99 Å². The van der Waals surface area contributed by atoms with Crippen molar-refractivity contribution in [3.8, 4) is 0 Å². The number of nitrogens with one attached hydrogen (secondary N) is 2. The first-order chi connectivity index (χ1) is 11.5. The Hall–Kier alpha value is -1.88. The molecule has 24 heavy (non-hydrogen) atoms. The summed E-state index contributed by atoms with van der Waals surface area (Å²) in [4.78, 5) is 18.4. The molecule has 5 heteroatoms. The summed E-state index contributed by atoms with van der Waals surface area (Å²) >= 11 is 0. The molecule has 1 aromatic rings. The number of aliphatic imine (C=N–C) groups is 1. The predicted molar refractivity (Wildman–Crippen MR) is 98.7 cm³/mol. The van der Waals surface area contributed by atoms with Crippen molar-refractivity contribution >= 4 is 11.9 Å². The fourth-order valence-electron chi connectivity index (χ4n) is 2.64. The molecule has 0 bridgehead atoms. The molecule has 0 saturated heterocycles. The van der Waals surface area contributed by atoms with Gasteiger partial charge in [-0.15, -0.1) is 0 Å². The Morgan fingerprint density at radius 1 is 1.29 bits per heavy atom. The number of hydrogen-bond acceptors (Lipinski definition) is 3. The molecule has 2 N–H and O–H groups in total. The minimum atomic E-state index is -0.187. The SMILES string of the molecule is CC[NH+](CC)CCC[C@@H](C)N=C(NC(=O)c1ccccc1C)OC. The summed E-state index contributed by atoms with van der Waals surface area (Å²) in [5.41, 5.74) is 1.57. The molecule has 134 valence electrons. The van der Waals surface area contributed by atoms with Crippen LogP contribution in [0.25, 0.3) is 0 Å². The molecule has 1 atom stereocenters. The third-order valence-corrected chi connectivity index (χ3v) is 4.29. The van der Waals surface area contributed by atoms with Crippen molar-refractivity contribution < 1.29 is 14.4 Å². The number of carbonyl (C=O) groups is 1. The van der Waals surface area contributed by atoms with Crippen LogP contribution in [-0.2, 0) is 4.74 Å². The van der Waals surface area contributed by atoms with E-state index in [0.717, 1.165) is 38.0 Å². The highest BCUT2D eigenvalue weighted by Gasteiger charge is 2.13. The topological polar surface area (TPSA) is 55.1 Å². The molecule has 0 heterocycles. The lowest BCUT2D eigenvalue weighted by Gasteiger charge is -2.16. The van der Waals surface area contributed by atoms with Gasteiger partial charge < -0.3 is 9.64 Å². The van der Waals surface area contributed by atoms with Crippen molar-refractivity contribution in [1.82, 2.24) is 5.32 Å². The highest BCUT2D eigenvalue weighted by atomic mass is 16.5. The quantitative estimate of drug-likeness (QED) is 0.563. The molecule has 5 nitrogen and oxygen atoms in total. The highest BCUT2D eigenvalue weighted by molar-refractivity contribution is 6.04. The van der Waals surface area contributed by atoms with Crippen LogP contribution in [0.4, 0.5) is 0 Å². The van der Waals surface area contributed by atoms with Crippen LogP contribution >= 0.6 is 0 Å². The lowest BCUT2D eigenvalue weighted by molar-refractivity contribution is -0.896. The zero-order valence-corrected chi connectivity index (χ0v) is 15.7. The number of aryl methyl sites for hydroxylation is 1. The van der Waals surface area contributed by atoms with Crippen LogP contribution in [-0.4, -0.2) is 44.7 Å². The second-order valence-corrected chi connectivity index (χ2v) is 6.11. The van der Waals surface area contributed by atoms with Gasteiger partial charge in [0.1, 0.15) is 0 Å². The van der Waals surface area contributed by atoms with E-state index >= 15 is 0 Å². The van der Waals surface area contributed by atoms with Crippen molar-refractivity contribution in [2.75, 3.05) is 26.7 Å². The monoisotopic (exact) mass is 334 g/mol. The van der Waals surface area contributed by atoms with Gasteiger partial charge in [-0.2, -0.15) is 0 Å². The Bertz CT molecular complexity index is 539.